The summed E-state index contributed by atoms with van der Waals surface area (Å²) < 4.78 is 25.8. The van der Waals surface area contributed by atoms with Gasteiger partial charge >= 0.3 is 0 Å². The molecule has 8 heteroatoms. The van der Waals surface area contributed by atoms with E-state index in [-0.39, 0.29) is 11.2 Å². The Hall–Kier alpha value is -1.25. The summed E-state index contributed by atoms with van der Waals surface area (Å²) in [5, 5.41) is 12.9. The van der Waals surface area contributed by atoms with Crippen molar-refractivity contribution in [2.45, 2.75) is 31.0 Å². The smallest absolute Gasteiger partial charge is 0.273 e. The molecular weight excluding hydrogens is 344 g/mol. The fourth-order valence-electron chi connectivity index (χ4n) is 2.14. The molecule has 1 aliphatic rings. The summed E-state index contributed by atoms with van der Waals surface area (Å²) in [4.78, 5) is 0. The van der Waals surface area contributed by atoms with Gasteiger partial charge in [0.05, 0.1) is 0 Å². The summed E-state index contributed by atoms with van der Waals surface area (Å²) in [6.45, 7) is 1.96. The lowest BCUT2D eigenvalue weighted by molar-refractivity contribution is 0.567. The van der Waals surface area contributed by atoms with Crippen LogP contribution >= 0.6 is 15.9 Å². The fraction of sp³-hybridized carbons (Fsp3) is 0.333. The predicted octanol–water partition coefficient (Wildman–Crippen LogP) is 2.00. The number of nitrogens with zero attached hydrogens (tertiary/aromatic N) is 3. The van der Waals surface area contributed by atoms with Crippen LogP contribution in [0.1, 0.15) is 24.4 Å². The summed E-state index contributed by atoms with van der Waals surface area (Å²) in [6, 6.07) is 5.86. The minimum absolute atomic E-state index is 0.112. The van der Waals surface area contributed by atoms with E-state index in [1.807, 2.05) is 25.1 Å². The number of aromatic nitrogens is 3. The number of rotatable bonds is 3. The highest BCUT2D eigenvalue weighted by molar-refractivity contribution is 9.10. The molecule has 2 aromatic rings. The first-order valence-electron chi connectivity index (χ1n) is 6.13. The average Bonchev–Trinajstić information content (AvgIpc) is 3.10. The fourth-order valence-corrected chi connectivity index (χ4v) is 3.24. The topological polar surface area (TPSA) is 90.9 Å². The van der Waals surface area contributed by atoms with Gasteiger partial charge in [-0.1, -0.05) is 18.2 Å². The SMILES string of the molecule is Cc1cccc(-c2nnc(S(N)(=O)=O)n2C2CC2)c1Br. The van der Waals surface area contributed by atoms with Crippen LogP contribution in [0, 0.1) is 6.92 Å². The van der Waals surface area contributed by atoms with Crippen LogP contribution in [0.2, 0.25) is 0 Å². The molecule has 0 unspecified atom stereocenters. The van der Waals surface area contributed by atoms with E-state index in [2.05, 4.69) is 26.1 Å². The van der Waals surface area contributed by atoms with Gasteiger partial charge in [-0.15, -0.1) is 10.2 Å². The molecule has 1 aromatic heterocycles. The van der Waals surface area contributed by atoms with Crippen molar-refractivity contribution in [1.29, 1.82) is 0 Å². The van der Waals surface area contributed by atoms with Crippen molar-refractivity contribution in [3.8, 4) is 11.4 Å². The second kappa shape index (κ2) is 4.64. The molecule has 2 N–H and O–H groups in total. The Balaban J connectivity index is 2.25. The lowest BCUT2D eigenvalue weighted by Crippen LogP contribution is -2.18. The molecule has 1 heterocycles. The van der Waals surface area contributed by atoms with Gasteiger partial charge in [-0.2, -0.15) is 0 Å². The van der Waals surface area contributed by atoms with E-state index in [0.29, 0.717) is 5.82 Å². The Morgan fingerprint density at radius 3 is 2.65 bits per heavy atom. The Labute approximate surface area is 125 Å². The van der Waals surface area contributed by atoms with Crippen LogP contribution < -0.4 is 5.14 Å². The molecule has 0 atom stereocenters. The normalized spacial score (nSPS) is 15.6. The molecule has 0 saturated heterocycles. The van der Waals surface area contributed by atoms with Crippen LogP contribution in [0.3, 0.4) is 0 Å². The van der Waals surface area contributed by atoms with Crippen LogP contribution in [0.25, 0.3) is 11.4 Å². The second-order valence-corrected chi connectivity index (χ2v) is 7.14. The van der Waals surface area contributed by atoms with Crippen molar-refractivity contribution in [2.24, 2.45) is 5.14 Å². The van der Waals surface area contributed by atoms with Crippen LogP contribution in [0.4, 0.5) is 0 Å². The van der Waals surface area contributed by atoms with Crippen LogP contribution in [0.15, 0.2) is 27.8 Å². The second-order valence-electron chi connectivity index (χ2n) is 4.89. The van der Waals surface area contributed by atoms with E-state index in [9.17, 15) is 8.42 Å². The lowest BCUT2D eigenvalue weighted by Gasteiger charge is -2.10. The maximum absolute atomic E-state index is 11.6. The van der Waals surface area contributed by atoms with Gasteiger partial charge in [0.2, 0.25) is 0 Å². The van der Waals surface area contributed by atoms with Gasteiger partial charge in [-0.3, -0.25) is 4.57 Å². The zero-order valence-corrected chi connectivity index (χ0v) is 13.1. The molecule has 1 fully saturated rings. The summed E-state index contributed by atoms with van der Waals surface area (Å²) >= 11 is 3.52. The summed E-state index contributed by atoms with van der Waals surface area (Å²) in [6.07, 6.45) is 1.83. The number of sulfonamides is 1. The Bertz CT molecular complexity index is 781. The van der Waals surface area contributed by atoms with Crippen molar-refractivity contribution in [2.75, 3.05) is 0 Å². The van der Waals surface area contributed by atoms with Crippen LogP contribution in [-0.2, 0) is 10.0 Å². The molecular formula is C12H13BrN4O2S. The molecule has 6 nitrogen and oxygen atoms in total. The van der Waals surface area contributed by atoms with Crippen molar-refractivity contribution in [1.82, 2.24) is 14.8 Å². The van der Waals surface area contributed by atoms with E-state index in [1.54, 1.807) is 4.57 Å². The van der Waals surface area contributed by atoms with Crippen LogP contribution in [-0.4, -0.2) is 23.2 Å². The third-order valence-corrected chi connectivity index (χ3v) is 5.10. The van der Waals surface area contributed by atoms with E-state index in [1.165, 1.54) is 0 Å². The number of hydrogen-bond donors (Lipinski definition) is 1. The highest BCUT2D eigenvalue weighted by Gasteiger charge is 2.34. The van der Waals surface area contributed by atoms with Gasteiger partial charge in [0.15, 0.2) is 5.82 Å². The molecule has 1 aromatic carbocycles. The molecule has 0 spiro atoms. The Morgan fingerprint density at radius 1 is 1.35 bits per heavy atom. The van der Waals surface area contributed by atoms with Gasteiger partial charge in [0.1, 0.15) is 0 Å². The molecule has 20 heavy (non-hydrogen) atoms. The first-order valence-corrected chi connectivity index (χ1v) is 8.46. The van der Waals surface area contributed by atoms with E-state index < -0.39 is 10.0 Å². The molecule has 1 aliphatic carbocycles. The van der Waals surface area contributed by atoms with Gasteiger partial charge in [0.25, 0.3) is 15.2 Å². The van der Waals surface area contributed by atoms with Crippen molar-refractivity contribution < 1.29 is 8.42 Å². The van der Waals surface area contributed by atoms with Crippen LogP contribution in [0.5, 0.6) is 0 Å². The molecule has 3 rings (SSSR count). The zero-order chi connectivity index (χ0) is 14.5. The Kier molecular flexibility index (Phi) is 3.19. The predicted molar refractivity (Wildman–Crippen MR) is 77.5 cm³/mol. The number of halogens is 1. The molecule has 0 bridgehead atoms. The first kappa shape index (κ1) is 13.7. The van der Waals surface area contributed by atoms with Crippen molar-refractivity contribution >= 4 is 26.0 Å². The summed E-state index contributed by atoms with van der Waals surface area (Å²) in [5.74, 6) is 0.534. The maximum Gasteiger partial charge on any atom is 0.273 e. The molecule has 106 valence electrons. The number of primary sulfonamides is 1. The molecule has 1 saturated carbocycles. The van der Waals surface area contributed by atoms with Gasteiger partial charge in [0, 0.05) is 16.1 Å². The third-order valence-electron chi connectivity index (χ3n) is 3.26. The van der Waals surface area contributed by atoms with Crippen molar-refractivity contribution in [3.05, 3.63) is 28.2 Å². The van der Waals surface area contributed by atoms with Crippen molar-refractivity contribution in [3.63, 3.8) is 0 Å². The quantitative estimate of drug-likeness (QED) is 0.910. The standard InChI is InChI=1S/C12H13BrN4O2S/c1-7-3-2-4-9(10(7)13)11-15-16-12(20(14,18)19)17(11)8-5-6-8/h2-4,8H,5-6H2,1H3,(H2,14,18,19). The average molecular weight is 357 g/mol. The highest BCUT2D eigenvalue weighted by atomic mass is 79.9. The monoisotopic (exact) mass is 356 g/mol. The van der Waals surface area contributed by atoms with Gasteiger partial charge in [-0.05, 0) is 41.3 Å². The lowest BCUT2D eigenvalue weighted by atomic mass is 10.1. The largest absolute Gasteiger partial charge is 0.294 e. The van der Waals surface area contributed by atoms with Gasteiger partial charge in [-0.25, -0.2) is 13.6 Å². The number of nitrogens with two attached hydrogens (primary N) is 1. The minimum Gasteiger partial charge on any atom is -0.294 e. The first-order chi connectivity index (χ1) is 9.39. The molecule has 0 radical (unpaired) electrons. The molecule has 0 amide bonds. The van der Waals surface area contributed by atoms with E-state index in [0.717, 1.165) is 28.4 Å². The Morgan fingerprint density at radius 2 is 2.05 bits per heavy atom. The number of hydrogen-bond acceptors (Lipinski definition) is 4. The van der Waals surface area contributed by atoms with E-state index >= 15 is 0 Å². The minimum atomic E-state index is -3.87. The maximum atomic E-state index is 11.6. The molecule has 0 aliphatic heterocycles. The summed E-state index contributed by atoms with van der Waals surface area (Å²) in [5.41, 5.74) is 1.87. The third kappa shape index (κ3) is 2.27. The van der Waals surface area contributed by atoms with Gasteiger partial charge < -0.3 is 0 Å². The highest BCUT2D eigenvalue weighted by Crippen LogP contribution is 2.41. The number of aryl methyl sites for hydroxylation is 1. The summed E-state index contributed by atoms with van der Waals surface area (Å²) in [7, 11) is -3.87. The number of benzene rings is 1. The van der Waals surface area contributed by atoms with E-state index in [4.69, 9.17) is 5.14 Å². The zero-order valence-electron chi connectivity index (χ0n) is 10.7.